The summed E-state index contributed by atoms with van der Waals surface area (Å²) in [6.07, 6.45) is -1.47. The Bertz CT molecular complexity index is 521. The minimum Gasteiger partial charge on any atom is -0.381 e. The number of carbonyl (C=O) groups is 1. The quantitative estimate of drug-likeness (QED) is 0.381. The molecule has 0 aliphatic heterocycles. The maximum atomic E-state index is 11.0. The van der Waals surface area contributed by atoms with Gasteiger partial charge in [-0.05, 0) is 13.8 Å². The highest BCUT2D eigenvalue weighted by atomic mass is 16.6. The van der Waals surface area contributed by atoms with Gasteiger partial charge in [0.2, 0.25) is 17.7 Å². The normalized spacial score (nSPS) is 11.8. The number of hydrogen-bond acceptors (Lipinski definition) is 8. The van der Waals surface area contributed by atoms with Gasteiger partial charge in [-0.25, -0.2) is 4.98 Å². The lowest BCUT2D eigenvalue weighted by Gasteiger charge is -2.11. The molecule has 1 atom stereocenters. The molecule has 1 aromatic rings. The number of nitrogens with two attached hydrogens (primary N) is 1. The van der Waals surface area contributed by atoms with Crippen molar-refractivity contribution in [1.82, 2.24) is 9.97 Å². The van der Waals surface area contributed by atoms with E-state index < -0.39 is 16.9 Å². The van der Waals surface area contributed by atoms with Crippen molar-refractivity contribution in [2.45, 2.75) is 20.0 Å². The van der Waals surface area contributed by atoms with E-state index in [1.165, 1.54) is 6.92 Å². The van der Waals surface area contributed by atoms with Crippen molar-refractivity contribution in [3.05, 3.63) is 15.8 Å². The summed E-state index contributed by atoms with van der Waals surface area (Å²) in [5.74, 6) is -0.803. The molecule has 20 heavy (non-hydrogen) atoms. The topological polar surface area (TPSA) is 156 Å². The zero-order valence-corrected chi connectivity index (χ0v) is 11.1. The van der Waals surface area contributed by atoms with Gasteiger partial charge in [0, 0.05) is 6.54 Å². The van der Waals surface area contributed by atoms with E-state index >= 15 is 0 Å². The number of aliphatic hydroxyl groups excluding tert-OH is 1. The standard InChI is InChI=1S/C10H16N6O4/c1-3-12-10-14-5(2)7(16(19)20)9(15-10)13-4-6(17)8(11)18/h6,17H,3-4H2,1-2H3,(H2,11,18)(H2,12,13,14,15). The van der Waals surface area contributed by atoms with E-state index in [0.717, 1.165) is 0 Å². The lowest BCUT2D eigenvalue weighted by Crippen LogP contribution is -2.34. The van der Waals surface area contributed by atoms with Gasteiger partial charge in [-0.15, -0.1) is 0 Å². The summed E-state index contributed by atoms with van der Waals surface area (Å²) in [6, 6.07) is 0. The van der Waals surface area contributed by atoms with Crippen LogP contribution in [0.1, 0.15) is 12.6 Å². The van der Waals surface area contributed by atoms with Crippen LogP contribution in [0.2, 0.25) is 0 Å². The smallest absolute Gasteiger partial charge is 0.332 e. The van der Waals surface area contributed by atoms with Crippen molar-refractivity contribution in [1.29, 1.82) is 0 Å². The second-order valence-electron chi connectivity index (χ2n) is 3.92. The fourth-order valence-electron chi connectivity index (χ4n) is 1.44. The first kappa shape index (κ1) is 15.6. The van der Waals surface area contributed by atoms with Gasteiger partial charge in [0.05, 0.1) is 11.5 Å². The molecule has 0 aliphatic carbocycles. The largest absolute Gasteiger partial charge is 0.381 e. The zero-order chi connectivity index (χ0) is 15.3. The molecule has 1 aromatic heterocycles. The van der Waals surface area contributed by atoms with Crippen LogP contribution in [0.5, 0.6) is 0 Å². The van der Waals surface area contributed by atoms with Crippen LogP contribution >= 0.6 is 0 Å². The molecule has 10 heteroatoms. The number of nitro groups is 1. The maximum absolute atomic E-state index is 11.0. The molecule has 1 heterocycles. The Morgan fingerprint density at radius 1 is 1.50 bits per heavy atom. The number of nitrogens with zero attached hydrogens (tertiary/aromatic N) is 3. The number of anilines is 2. The second-order valence-corrected chi connectivity index (χ2v) is 3.92. The fraction of sp³-hybridized carbons (Fsp3) is 0.500. The minimum atomic E-state index is -1.47. The number of rotatable bonds is 7. The number of amides is 1. The predicted octanol–water partition coefficient (Wildman–Crippen LogP) is -0.617. The Kier molecular flexibility index (Phi) is 5.15. The molecule has 10 nitrogen and oxygen atoms in total. The summed E-state index contributed by atoms with van der Waals surface area (Å²) in [5.41, 5.74) is 4.75. The Morgan fingerprint density at radius 2 is 2.15 bits per heavy atom. The first-order chi connectivity index (χ1) is 9.36. The molecule has 0 fully saturated rings. The van der Waals surface area contributed by atoms with Crippen LogP contribution in [0.3, 0.4) is 0 Å². The molecule has 0 radical (unpaired) electrons. The fourth-order valence-corrected chi connectivity index (χ4v) is 1.44. The van der Waals surface area contributed by atoms with Crippen molar-refractivity contribution in [2.75, 3.05) is 23.7 Å². The molecule has 1 rings (SSSR count). The van der Waals surface area contributed by atoms with E-state index in [1.54, 1.807) is 0 Å². The van der Waals surface area contributed by atoms with Crippen molar-refractivity contribution in [3.8, 4) is 0 Å². The number of primary amides is 1. The number of hydrogen-bond donors (Lipinski definition) is 4. The van der Waals surface area contributed by atoms with Crippen molar-refractivity contribution >= 4 is 23.4 Å². The molecule has 0 aliphatic rings. The van der Waals surface area contributed by atoms with E-state index in [1.807, 2.05) is 6.92 Å². The van der Waals surface area contributed by atoms with Crippen LogP contribution in [0.4, 0.5) is 17.5 Å². The number of aromatic nitrogens is 2. The summed E-state index contributed by atoms with van der Waals surface area (Å²) >= 11 is 0. The predicted molar refractivity (Wildman–Crippen MR) is 71.3 cm³/mol. The third kappa shape index (κ3) is 3.75. The van der Waals surface area contributed by atoms with Crippen LogP contribution in [-0.2, 0) is 4.79 Å². The molecule has 0 spiro atoms. The lowest BCUT2D eigenvalue weighted by molar-refractivity contribution is -0.385. The lowest BCUT2D eigenvalue weighted by atomic mass is 10.3. The highest BCUT2D eigenvalue weighted by Crippen LogP contribution is 2.26. The highest BCUT2D eigenvalue weighted by Gasteiger charge is 2.23. The van der Waals surface area contributed by atoms with Gasteiger partial charge < -0.3 is 21.5 Å². The number of aryl methyl sites for hydroxylation is 1. The van der Waals surface area contributed by atoms with Gasteiger partial charge in [-0.3, -0.25) is 14.9 Å². The van der Waals surface area contributed by atoms with Crippen LogP contribution < -0.4 is 16.4 Å². The Balaban J connectivity index is 3.06. The molecule has 0 bridgehead atoms. The van der Waals surface area contributed by atoms with Crippen molar-refractivity contribution in [3.63, 3.8) is 0 Å². The van der Waals surface area contributed by atoms with Gasteiger partial charge in [-0.1, -0.05) is 0 Å². The Morgan fingerprint density at radius 3 is 2.65 bits per heavy atom. The van der Waals surface area contributed by atoms with E-state index in [2.05, 4.69) is 20.6 Å². The summed E-state index contributed by atoms with van der Waals surface area (Å²) in [5, 5.41) is 25.7. The molecule has 0 saturated carbocycles. The first-order valence-corrected chi connectivity index (χ1v) is 5.85. The van der Waals surface area contributed by atoms with Crippen LogP contribution in [0.25, 0.3) is 0 Å². The third-order valence-corrected chi connectivity index (χ3v) is 2.37. The third-order valence-electron chi connectivity index (χ3n) is 2.37. The van der Waals surface area contributed by atoms with E-state index in [0.29, 0.717) is 6.54 Å². The molecule has 0 saturated heterocycles. The monoisotopic (exact) mass is 284 g/mol. The van der Waals surface area contributed by atoms with Crippen LogP contribution in [-0.4, -0.2) is 45.1 Å². The van der Waals surface area contributed by atoms with Gasteiger partial charge in [0.1, 0.15) is 11.8 Å². The van der Waals surface area contributed by atoms with E-state index in [4.69, 9.17) is 5.73 Å². The van der Waals surface area contributed by atoms with Crippen molar-refractivity contribution < 1.29 is 14.8 Å². The highest BCUT2D eigenvalue weighted by molar-refractivity contribution is 5.79. The number of carbonyl (C=O) groups excluding carboxylic acids is 1. The summed E-state index contributed by atoms with van der Waals surface area (Å²) < 4.78 is 0. The minimum absolute atomic E-state index is 0.0845. The Labute approximate surface area is 114 Å². The van der Waals surface area contributed by atoms with Crippen molar-refractivity contribution in [2.24, 2.45) is 5.73 Å². The van der Waals surface area contributed by atoms with Crippen LogP contribution in [0.15, 0.2) is 0 Å². The molecule has 1 unspecified atom stereocenters. The maximum Gasteiger partial charge on any atom is 0.332 e. The molecule has 1 amide bonds. The first-order valence-electron chi connectivity index (χ1n) is 5.85. The SMILES string of the molecule is CCNc1nc(C)c([N+](=O)[O-])c(NCC(O)C(N)=O)n1. The van der Waals surface area contributed by atoms with Gasteiger partial charge in [0.15, 0.2) is 0 Å². The van der Waals surface area contributed by atoms with Crippen LogP contribution in [0, 0.1) is 17.0 Å². The van der Waals surface area contributed by atoms with E-state index in [9.17, 15) is 20.0 Å². The number of nitrogens with one attached hydrogen (secondary N) is 2. The van der Waals surface area contributed by atoms with Gasteiger partial charge in [-0.2, -0.15) is 4.98 Å². The summed E-state index contributed by atoms with van der Waals surface area (Å²) in [4.78, 5) is 29.0. The average molecular weight is 284 g/mol. The molecule has 5 N–H and O–H groups in total. The van der Waals surface area contributed by atoms with Gasteiger partial charge in [0.25, 0.3) is 0 Å². The average Bonchev–Trinajstić information content (AvgIpc) is 2.34. The molecular formula is C10H16N6O4. The van der Waals surface area contributed by atoms with E-state index in [-0.39, 0.29) is 29.7 Å². The second kappa shape index (κ2) is 6.61. The molecule has 110 valence electrons. The summed E-state index contributed by atoms with van der Waals surface area (Å²) in [6.45, 7) is 3.55. The zero-order valence-electron chi connectivity index (χ0n) is 11.1. The van der Waals surface area contributed by atoms with Gasteiger partial charge >= 0.3 is 5.69 Å². The molecule has 0 aromatic carbocycles. The number of aliphatic hydroxyl groups is 1. The summed E-state index contributed by atoms with van der Waals surface area (Å²) in [7, 11) is 0. The molecular weight excluding hydrogens is 268 g/mol. The Hall–Kier alpha value is -2.49.